The van der Waals surface area contributed by atoms with E-state index in [1.54, 1.807) is 6.92 Å². The van der Waals surface area contributed by atoms with E-state index in [2.05, 4.69) is 5.32 Å². The summed E-state index contributed by atoms with van der Waals surface area (Å²) in [5, 5.41) is 10.9. The fourth-order valence-corrected chi connectivity index (χ4v) is 1.81. The first-order chi connectivity index (χ1) is 8.86. The van der Waals surface area contributed by atoms with Crippen LogP contribution in [0, 0.1) is 0 Å². The molecule has 0 saturated carbocycles. The average molecular weight is 271 g/mol. The molecule has 0 radical (unpaired) electrons. The number of amides is 4. The van der Waals surface area contributed by atoms with Crippen LogP contribution in [0.2, 0.25) is 0 Å². The second-order valence-corrected chi connectivity index (χ2v) is 4.31. The number of carboxylic acids is 1. The monoisotopic (exact) mass is 271 g/mol. The topological polar surface area (TPSA) is 107 Å². The first kappa shape index (κ1) is 14.9. The van der Waals surface area contributed by atoms with Crippen LogP contribution in [0.15, 0.2) is 0 Å². The Hall–Kier alpha value is -2.12. The van der Waals surface area contributed by atoms with E-state index in [9.17, 15) is 19.2 Å². The number of urea groups is 1. The minimum absolute atomic E-state index is 0.244. The predicted molar refractivity (Wildman–Crippen MR) is 64.2 cm³/mol. The molecule has 4 amide bonds. The molecule has 1 heterocycles. The van der Waals surface area contributed by atoms with Crippen molar-refractivity contribution in [2.45, 2.75) is 26.3 Å². The molecule has 1 fully saturated rings. The third-order valence-corrected chi connectivity index (χ3v) is 2.76. The molecule has 106 valence electrons. The number of aliphatic carboxylic acids is 1. The van der Waals surface area contributed by atoms with E-state index in [1.807, 2.05) is 0 Å². The van der Waals surface area contributed by atoms with Crippen LogP contribution in [0.4, 0.5) is 4.79 Å². The van der Waals surface area contributed by atoms with Crippen LogP contribution >= 0.6 is 0 Å². The Labute approximate surface area is 110 Å². The summed E-state index contributed by atoms with van der Waals surface area (Å²) in [6, 6.07) is -1.40. The molecule has 8 heteroatoms. The Morgan fingerprint density at radius 1 is 1.47 bits per heavy atom. The smallest absolute Gasteiger partial charge is 0.323 e. The van der Waals surface area contributed by atoms with Crippen molar-refractivity contribution in [2.24, 2.45) is 0 Å². The SMILES string of the molecule is CCCN(CC(=O)O)C(=O)N1CC(=O)NC(=O)C1C. The van der Waals surface area contributed by atoms with Gasteiger partial charge in [-0.05, 0) is 13.3 Å². The minimum atomic E-state index is -1.14. The van der Waals surface area contributed by atoms with Crippen LogP contribution in [0.5, 0.6) is 0 Å². The molecule has 1 saturated heterocycles. The summed E-state index contributed by atoms with van der Waals surface area (Å²) in [4.78, 5) is 47.8. The van der Waals surface area contributed by atoms with E-state index >= 15 is 0 Å². The van der Waals surface area contributed by atoms with Gasteiger partial charge in [0.15, 0.2) is 0 Å². The highest BCUT2D eigenvalue weighted by atomic mass is 16.4. The van der Waals surface area contributed by atoms with Crippen molar-refractivity contribution in [1.29, 1.82) is 0 Å². The molecule has 2 N–H and O–H groups in total. The van der Waals surface area contributed by atoms with Gasteiger partial charge in [-0.25, -0.2) is 4.79 Å². The highest BCUT2D eigenvalue weighted by molar-refractivity contribution is 6.04. The molecule has 19 heavy (non-hydrogen) atoms. The van der Waals surface area contributed by atoms with Crippen molar-refractivity contribution in [1.82, 2.24) is 15.1 Å². The van der Waals surface area contributed by atoms with Gasteiger partial charge in [0.05, 0.1) is 0 Å². The lowest BCUT2D eigenvalue weighted by molar-refractivity contribution is -0.138. The summed E-state index contributed by atoms with van der Waals surface area (Å²) in [7, 11) is 0. The molecule has 0 aromatic rings. The van der Waals surface area contributed by atoms with Gasteiger partial charge in [-0.2, -0.15) is 0 Å². The molecule has 1 aliphatic rings. The molecule has 0 spiro atoms. The van der Waals surface area contributed by atoms with Gasteiger partial charge in [-0.3, -0.25) is 19.7 Å². The van der Waals surface area contributed by atoms with Gasteiger partial charge >= 0.3 is 12.0 Å². The van der Waals surface area contributed by atoms with E-state index in [0.29, 0.717) is 6.42 Å². The van der Waals surface area contributed by atoms with E-state index in [1.165, 1.54) is 6.92 Å². The van der Waals surface area contributed by atoms with Crippen molar-refractivity contribution in [3.8, 4) is 0 Å². The quantitative estimate of drug-likeness (QED) is 0.654. The Balaban J connectivity index is 2.84. The molecule has 0 aliphatic carbocycles. The average Bonchev–Trinajstić information content (AvgIpc) is 2.32. The van der Waals surface area contributed by atoms with Gasteiger partial charge in [0.25, 0.3) is 0 Å². The number of piperazine rings is 1. The summed E-state index contributed by atoms with van der Waals surface area (Å²) < 4.78 is 0. The summed E-state index contributed by atoms with van der Waals surface area (Å²) in [6.07, 6.45) is 0.585. The molecular weight excluding hydrogens is 254 g/mol. The van der Waals surface area contributed by atoms with E-state index in [0.717, 1.165) is 9.80 Å². The predicted octanol–water partition coefficient (Wildman–Crippen LogP) is -0.750. The van der Waals surface area contributed by atoms with Crippen molar-refractivity contribution in [3.05, 3.63) is 0 Å². The third kappa shape index (κ3) is 3.67. The highest BCUT2D eigenvalue weighted by Gasteiger charge is 2.35. The number of hydrogen-bond acceptors (Lipinski definition) is 4. The van der Waals surface area contributed by atoms with Gasteiger partial charge in [0.2, 0.25) is 11.8 Å². The van der Waals surface area contributed by atoms with Crippen LogP contribution < -0.4 is 5.32 Å². The Kier molecular flexibility index (Phi) is 4.85. The zero-order valence-corrected chi connectivity index (χ0v) is 10.9. The van der Waals surface area contributed by atoms with Crippen molar-refractivity contribution < 1.29 is 24.3 Å². The van der Waals surface area contributed by atoms with Gasteiger partial charge in [0, 0.05) is 6.54 Å². The van der Waals surface area contributed by atoms with Crippen LogP contribution in [0.1, 0.15) is 20.3 Å². The molecule has 1 unspecified atom stereocenters. The fourth-order valence-electron chi connectivity index (χ4n) is 1.81. The Morgan fingerprint density at radius 3 is 2.63 bits per heavy atom. The largest absolute Gasteiger partial charge is 0.480 e. The summed E-state index contributed by atoms with van der Waals surface area (Å²) in [5.74, 6) is -2.26. The lowest BCUT2D eigenvalue weighted by atomic mass is 10.2. The standard InChI is InChI=1S/C11H17N3O5/c1-3-4-13(6-9(16)17)11(19)14-5-8(15)12-10(18)7(14)2/h7H,3-6H2,1-2H3,(H,16,17)(H,12,15,18). The maximum Gasteiger partial charge on any atom is 0.323 e. The lowest BCUT2D eigenvalue weighted by Crippen LogP contribution is -2.61. The number of nitrogens with zero attached hydrogens (tertiary/aromatic N) is 2. The summed E-state index contributed by atoms with van der Waals surface area (Å²) in [5.41, 5.74) is 0. The third-order valence-electron chi connectivity index (χ3n) is 2.76. The fraction of sp³-hybridized carbons (Fsp3) is 0.636. The molecule has 1 aliphatic heterocycles. The summed E-state index contributed by atoms with van der Waals surface area (Å²) >= 11 is 0. The zero-order valence-electron chi connectivity index (χ0n) is 10.9. The molecule has 0 aromatic heterocycles. The number of carbonyl (C=O) groups is 4. The van der Waals surface area contributed by atoms with E-state index < -0.39 is 36.4 Å². The molecule has 0 bridgehead atoms. The first-order valence-corrected chi connectivity index (χ1v) is 5.97. The molecule has 0 aromatic carbocycles. The van der Waals surface area contributed by atoms with Gasteiger partial charge in [0.1, 0.15) is 19.1 Å². The van der Waals surface area contributed by atoms with E-state index in [4.69, 9.17) is 5.11 Å². The van der Waals surface area contributed by atoms with E-state index in [-0.39, 0.29) is 13.1 Å². The zero-order chi connectivity index (χ0) is 14.6. The highest BCUT2D eigenvalue weighted by Crippen LogP contribution is 2.09. The van der Waals surface area contributed by atoms with Crippen molar-refractivity contribution in [2.75, 3.05) is 19.6 Å². The second kappa shape index (κ2) is 6.17. The number of carbonyl (C=O) groups excluding carboxylic acids is 3. The number of imide groups is 1. The molecule has 8 nitrogen and oxygen atoms in total. The van der Waals surface area contributed by atoms with Gasteiger partial charge in [-0.15, -0.1) is 0 Å². The molecular formula is C11H17N3O5. The number of rotatable bonds is 4. The number of carboxylic acid groups (broad SMARTS) is 1. The summed E-state index contributed by atoms with van der Waals surface area (Å²) in [6.45, 7) is 2.85. The Morgan fingerprint density at radius 2 is 2.11 bits per heavy atom. The number of hydrogen-bond donors (Lipinski definition) is 2. The minimum Gasteiger partial charge on any atom is -0.480 e. The maximum atomic E-state index is 12.2. The second-order valence-electron chi connectivity index (χ2n) is 4.31. The van der Waals surface area contributed by atoms with Gasteiger partial charge in [-0.1, -0.05) is 6.92 Å². The van der Waals surface area contributed by atoms with Crippen LogP contribution in [0.3, 0.4) is 0 Å². The van der Waals surface area contributed by atoms with Crippen molar-refractivity contribution >= 4 is 23.8 Å². The van der Waals surface area contributed by atoms with Gasteiger partial charge < -0.3 is 14.9 Å². The maximum absolute atomic E-state index is 12.2. The van der Waals surface area contributed by atoms with Crippen LogP contribution in [0.25, 0.3) is 0 Å². The number of nitrogens with one attached hydrogen (secondary N) is 1. The molecule has 1 atom stereocenters. The first-order valence-electron chi connectivity index (χ1n) is 5.97. The normalized spacial score (nSPS) is 19.1. The van der Waals surface area contributed by atoms with Crippen LogP contribution in [-0.4, -0.2) is 64.4 Å². The lowest BCUT2D eigenvalue weighted by Gasteiger charge is -2.35. The van der Waals surface area contributed by atoms with Crippen molar-refractivity contribution in [3.63, 3.8) is 0 Å². The van der Waals surface area contributed by atoms with Crippen LogP contribution in [-0.2, 0) is 14.4 Å². The molecule has 1 rings (SSSR count). The Bertz CT molecular complexity index is 409.